The van der Waals surface area contributed by atoms with Crippen molar-refractivity contribution in [3.8, 4) is 11.5 Å². The number of hydrogen-bond donors (Lipinski definition) is 2. The Morgan fingerprint density at radius 3 is 1.32 bits per heavy atom. The van der Waals surface area contributed by atoms with E-state index in [1.54, 1.807) is 0 Å². The first kappa shape index (κ1) is 27.3. The predicted molar refractivity (Wildman–Crippen MR) is 134 cm³/mol. The van der Waals surface area contributed by atoms with Gasteiger partial charge < -0.3 is 15.2 Å². The molecule has 4 nitrogen and oxygen atoms in total. The normalized spacial score (nSPS) is 10.9. The van der Waals surface area contributed by atoms with E-state index in [-0.39, 0.29) is 5.84 Å². The standard InChI is InChI=1S/C27H48N2O2/c1-3-5-7-9-11-13-15-17-19-30-25-21-24(27(28)29)22-26(23-25)31-20-18-16-14-12-10-8-6-4-2/h21-23H,3-20H2,1-2H3,(H3,28,29). The number of unbranched alkanes of at least 4 members (excludes halogenated alkanes) is 14. The van der Waals surface area contributed by atoms with Gasteiger partial charge in [0.2, 0.25) is 0 Å². The van der Waals surface area contributed by atoms with Crippen LogP contribution in [0.25, 0.3) is 0 Å². The summed E-state index contributed by atoms with van der Waals surface area (Å²) in [5.41, 5.74) is 6.38. The molecule has 1 aromatic rings. The maximum absolute atomic E-state index is 7.77. The van der Waals surface area contributed by atoms with Gasteiger partial charge in [0.25, 0.3) is 0 Å². The second-order valence-electron chi connectivity index (χ2n) is 8.75. The maximum atomic E-state index is 7.77. The summed E-state index contributed by atoms with van der Waals surface area (Å²) in [7, 11) is 0. The molecule has 0 unspecified atom stereocenters. The van der Waals surface area contributed by atoms with E-state index in [9.17, 15) is 0 Å². The van der Waals surface area contributed by atoms with Gasteiger partial charge in [0, 0.05) is 11.6 Å². The largest absolute Gasteiger partial charge is 0.493 e. The maximum Gasteiger partial charge on any atom is 0.123 e. The molecule has 0 heterocycles. The van der Waals surface area contributed by atoms with Crippen LogP contribution >= 0.6 is 0 Å². The Morgan fingerprint density at radius 2 is 0.968 bits per heavy atom. The lowest BCUT2D eigenvalue weighted by molar-refractivity contribution is 0.289. The third kappa shape index (κ3) is 14.8. The molecule has 0 amide bonds. The molecule has 4 heteroatoms. The number of nitrogens with one attached hydrogen (secondary N) is 1. The second-order valence-corrected chi connectivity index (χ2v) is 8.75. The summed E-state index contributed by atoms with van der Waals surface area (Å²) in [6.45, 7) is 5.92. The highest BCUT2D eigenvalue weighted by Crippen LogP contribution is 2.24. The lowest BCUT2D eigenvalue weighted by Crippen LogP contribution is -2.12. The van der Waals surface area contributed by atoms with Gasteiger partial charge in [0.05, 0.1) is 13.2 Å². The quantitative estimate of drug-likeness (QED) is 0.117. The minimum Gasteiger partial charge on any atom is -0.493 e. The van der Waals surface area contributed by atoms with Gasteiger partial charge >= 0.3 is 0 Å². The molecule has 0 saturated heterocycles. The number of nitrogen functional groups attached to an aromatic ring is 1. The van der Waals surface area contributed by atoms with Crippen molar-refractivity contribution in [1.82, 2.24) is 0 Å². The molecule has 178 valence electrons. The van der Waals surface area contributed by atoms with E-state index >= 15 is 0 Å². The first-order valence-electron chi connectivity index (χ1n) is 12.9. The van der Waals surface area contributed by atoms with Crippen LogP contribution < -0.4 is 15.2 Å². The first-order chi connectivity index (χ1) is 15.2. The molecule has 0 aliphatic rings. The van der Waals surface area contributed by atoms with Crippen LogP contribution in [0.3, 0.4) is 0 Å². The summed E-state index contributed by atoms with van der Waals surface area (Å²) in [5, 5.41) is 7.77. The average Bonchev–Trinajstić information content (AvgIpc) is 2.76. The summed E-state index contributed by atoms with van der Waals surface area (Å²) < 4.78 is 11.9. The van der Waals surface area contributed by atoms with E-state index < -0.39 is 0 Å². The molecule has 0 aliphatic carbocycles. The number of hydrogen-bond acceptors (Lipinski definition) is 3. The number of amidine groups is 1. The highest BCUT2D eigenvalue weighted by atomic mass is 16.5. The molecule has 0 atom stereocenters. The van der Waals surface area contributed by atoms with Gasteiger partial charge in [0.15, 0.2) is 0 Å². The van der Waals surface area contributed by atoms with Crippen LogP contribution in [0.4, 0.5) is 0 Å². The number of ether oxygens (including phenoxy) is 2. The molecule has 31 heavy (non-hydrogen) atoms. The van der Waals surface area contributed by atoms with Gasteiger partial charge in [-0.05, 0) is 25.0 Å². The monoisotopic (exact) mass is 432 g/mol. The molecule has 0 bridgehead atoms. The van der Waals surface area contributed by atoms with Crippen LogP contribution in [0.1, 0.15) is 122 Å². The van der Waals surface area contributed by atoms with Gasteiger partial charge in [-0.15, -0.1) is 0 Å². The summed E-state index contributed by atoms with van der Waals surface area (Å²) in [4.78, 5) is 0. The fourth-order valence-electron chi connectivity index (χ4n) is 3.75. The van der Waals surface area contributed by atoms with Crippen molar-refractivity contribution in [1.29, 1.82) is 5.41 Å². The number of benzene rings is 1. The third-order valence-electron chi connectivity index (χ3n) is 5.72. The van der Waals surface area contributed by atoms with E-state index in [4.69, 9.17) is 20.6 Å². The zero-order chi connectivity index (χ0) is 22.6. The van der Waals surface area contributed by atoms with E-state index in [1.807, 2.05) is 18.2 Å². The molecule has 0 aliphatic heterocycles. The Kier molecular flexibility index (Phi) is 16.8. The van der Waals surface area contributed by atoms with Gasteiger partial charge in [0.1, 0.15) is 17.3 Å². The summed E-state index contributed by atoms with van der Waals surface area (Å²) >= 11 is 0. The molecule has 0 spiro atoms. The van der Waals surface area contributed by atoms with Crippen LogP contribution in [-0.4, -0.2) is 19.0 Å². The summed E-state index contributed by atoms with van der Waals surface area (Å²) in [6, 6.07) is 5.62. The fourth-order valence-corrected chi connectivity index (χ4v) is 3.75. The van der Waals surface area contributed by atoms with E-state index in [0.717, 1.165) is 24.3 Å². The van der Waals surface area contributed by atoms with Gasteiger partial charge in [-0.2, -0.15) is 0 Å². The van der Waals surface area contributed by atoms with Crippen molar-refractivity contribution in [3.63, 3.8) is 0 Å². The van der Waals surface area contributed by atoms with E-state index in [2.05, 4.69) is 13.8 Å². The predicted octanol–water partition coefficient (Wildman–Crippen LogP) is 8.01. The highest BCUT2D eigenvalue weighted by molar-refractivity contribution is 5.95. The molecule has 3 N–H and O–H groups in total. The first-order valence-corrected chi connectivity index (χ1v) is 12.9. The topological polar surface area (TPSA) is 68.3 Å². The zero-order valence-electron chi connectivity index (χ0n) is 20.4. The Hall–Kier alpha value is -1.71. The molecule has 0 saturated carbocycles. The van der Waals surface area contributed by atoms with Crippen molar-refractivity contribution < 1.29 is 9.47 Å². The Bertz CT molecular complexity index is 534. The van der Waals surface area contributed by atoms with Crippen LogP contribution in [0.2, 0.25) is 0 Å². The van der Waals surface area contributed by atoms with Gasteiger partial charge in [-0.1, -0.05) is 104 Å². The van der Waals surface area contributed by atoms with Crippen molar-refractivity contribution in [2.75, 3.05) is 13.2 Å². The molecule has 0 radical (unpaired) electrons. The van der Waals surface area contributed by atoms with Gasteiger partial charge in [-0.3, -0.25) is 5.41 Å². The molecular formula is C27H48N2O2. The van der Waals surface area contributed by atoms with Crippen LogP contribution in [0, 0.1) is 5.41 Å². The Balaban J connectivity index is 2.26. The lowest BCUT2D eigenvalue weighted by atomic mass is 10.1. The highest BCUT2D eigenvalue weighted by Gasteiger charge is 2.06. The molecule has 1 rings (SSSR count). The molecule has 1 aromatic carbocycles. The minimum atomic E-state index is 0.0504. The van der Waals surface area contributed by atoms with Crippen LogP contribution in [0.15, 0.2) is 18.2 Å². The Morgan fingerprint density at radius 1 is 0.613 bits per heavy atom. The van der Waals surface area contributed by atoms with Gasteiger partial charge in [-0.25, -0.2) is 0 Å². The number of nitrogens with two attached hydrogens (primary N) is 1. The van der Waals surface area contributed by atoms with Crippen LogP contribution in [0.5, 0.6) is 11.5 Å². The smallest absolute Gasteiger partial charge is 0.123 e. The zero-order valence-corrected chi connectivity index (χ0v) is 20.4. The summed E-state index contributed by atoms with van der Waals surface area (Å²) in [6.07, 6.45) is 20.5. The molecular weight excluding hydrogens is 384 g/mol. The number of rotatable bonds is 21. The van der Waals surface area contributed by atoms with Crippen molar-refractivity contribution in [2.45, 2.75) is 117 Å². The summed E-state index contributed by atoms with van der Waals surface area (Å²) in [5.74, 6) is 1.55. The minimum absolute atomic E-state index is 0.0504. The molecule has 0 aromatic heterocycles. The third-order valence-corrected chi connectivity index (χ3v) is 5.72. The fraction of sp³-hybridized carbons (Fsp3) is 0.741. The molecule has 0 fully saturated rings. The second kappa shape index (κ2) is 19.0. The van der Waals surface area contributed by atoms with Crippen molar-refractivity contribution in [3.05, 3.63) is 23.8 Å². The Labute approximate surface area is 191 Å². The lowest BCUT2D eigenvalue weighted by Gasteiger charge is -2.12. The van der Waals surface area contributed by atoms with E-state index in [0.29, 0.717) is 18.8 Å². The SMILES string of the molecule is CCCCCCCCCCOc1cc(OCCCCCCCCCC)cc(C(=N)N)c1. The van der Waals surface area contributed by atoms with Crippen molar-refractivity contribution in [2.24, 2.45) is 5.73 Å². The average molecular weight is 433 g/mol. The van der Waals surface area contributed by atoms with E-state index in [1.165, 1.54) is 89.9 Å². The van der Waals surface area contributed by atoms with Crippen molar-refractivity contribution >= 4 is 5.84 Å². The van der Waals surface area contributed by atoms with Crippen LogP contribution in [-0.2, 0) is 0 Å².